The Labute approximate surface area is 168 Å². The van der Waals surface area contributed by atoms with Gasteiger partial charge in [0.1, 0.15) is 23.4 Å². The molecule has 0 aliphatic carbocycles. The topological polar surface area (TPSA) is 46.9 Å². The molecule has 4 rings (SSSR count). The third kappa shape index (κ3) is 4.36. The van der Waals surface area contributed by atoms with Crippen LogP contribution in [0.5, 0.6) is 11.5 Å². The zero-order valence-electron chi connectivity index (χ0n) is 17.1. The van der Waals surface area contributed by atoms with Crippen LogP contribution in [0.4, 0.5) is 0 Å². The van der Waals surface area contributed by atoms with Gasteiger partial charge in [-0.25, -0.2) is 0 Å². The molecule has 3 heterocycles. The van der Waals surface area contributed by atoms with Gasteiger partial charge in [-0.15, -0.1) is 0 Å². The first kappa shape index (κ1) is 19.3. The summed E-state index contributed by atoms with van der Waals surface area (Å²) in [5.74, 6) is 3.02. The highest BCUT2D eigenvalue weighted by atomic mass is 16.5. The quantitative estimate of drug-likeness (QED) is 0.734. The zero-order valence-corrected chi connectivity index (χ0v) is 17.1. The van der Waals surface area contributed by atoms with E-state index in [1.807, 2.05) is 13.0 Å². The van der Waals surface area contributed by atoms with Gasteiger partial charge in [0, 0.05) is 30.6 Å². The Bertz CT molecular complexity index is 753. The van der Waals surface area contributed by atoms with E-state index >= 15 is 0 Å². The van der Waals surface area contributed by atoms with Crippen molar-refractivity contribution in [3.8, 4) is 11.5 Å². The van der Waals surface area contributed by atoms with E-state index in [9.17, 15) is 0 Å². The molecule has 28 heavy (non-hydrogen) atoms. The fourth-order valence-corrected chi connectivity index (χ4v) is 4.37. The summed E-state index contributed by atoms with van der Waals surface area (Å²) in [6, 6.07) is 8.67. The van der Waals surface area contributed by atoms with Gasteiger partial charge < -0.3 is 19.2 Å². The number of benzene rings is 1. The lowest BCUT2D eigenvalue weighted by Gasteiger charge is -2.33. The molecule has 2 aliphatic rings. The lowest BCUT2D eigenvalue weighted by Crippen LogP contribution is -2.38. The van der Waals surface area contributed by atoms with Crippen molar-refractivity contribution >= 4 is 0 Å². The number of rotatable bonds is 8. The summed E-state index contributed by atoms with van der Waals surface area (Å²) in [7, 11) is 0. The van der Waals surface area contributed by atoms with Crippen molar-refractivity contribution in [2.75, 3.05) is 26.2 Å². The maximum Gasteiger partial charge on any atom is 0.124 e. The molecule has 152 valence electrons. The normalized spacial score (nSPS) is 20.6. The third-order valence-electron chi connectivity index (χ3n) is 5.74. The molecule has 0 spiro atoms. The van der Waals surface area contributed by atoms with E-state index in [0.717, 1.165) is 55.4 Å². The molecule has 5 nitrogen and oxygen atoms in total. The summed E-state index contributed by atoms with van der Waals surface area (Å²) in [4.78, 5) is 2.55. The molecule has 5 heteroatoms. The Kier molecular flexibility index (Phi) is 6.23. The lowest BCUT2D eigenvalue weighted by atomic mass is 10.1. The maximum atomic E-state index is 5.96. The molecule has 2 aliphatic heterocycles. The van der Waals surface area contributed by atoms with E-state index in [-0.39, 0.29) is 12.1 Å². The molecular weight excluding hydrogens is 352 g/mol. The minimum Gasteiger partial charge on any atom is -0.494 e. The second-order valence-electron chi connectivity index (χ2n) is 7.89. The summed E-state index contributed by atoms with van der Waals surface area (Å²) in [5, 5.41) is 3.65. The SMILES string of the molecule is CCOc1cc2c(cc1CNC[C@@H](c1ccco1)N1CCCCC1)O[C@@H](C)C2. The predicted octanol–water partition coefficient (Wildman–Crippen LogP) is 4.32. The number of fused-ring (bicyclic) bond motifs is 1. The fourth-order valence-electron chi connectivity index (χ4n) is 4.37. The third-order valence-corrected chi connectivity index (χ3v) is 5.74. The molecule has 1 saturated heterocycles. The van der Waals surface area contributed by atoms with Crippen LogP contribution in [-0.2, 0) is 13.0 Å². The molecule has 1 aromatic heterocycles. The fraction of sp³-hybridized carbons (Fsp3) is 0.565. The molecule has 0 amide bonds. The van der Waals surface area contributed by atoms with Gasteiger partial charge in [-0.3, -0.25) is 4.90 Å². The Balaban J connectivity index is 1.45. The second kappa shape index (κ2) is 9.01. The zero-order chi connectivity index (χ0) is 19.3. The summed E-state index contributed by atoms with van der Waals surface area (Å²) in [6.45, 7) is 8.71. The summed E-state index contributed by atoms with van der Waals surface area (Å²) in [5.41, 5.74) is 2.41. The van der Waals surface area contributed by atoms with Crippen molar-refractivity contribution in [2.45, 2.75) is 58.2 Å². The first-order valence-corrected chi connectivity index (χ1v) is 10.7. The molecule has 1 fully saturated rings. The van der Waals surface area contributed by atoms with Gasteiger partial charge in [0.15, 0.2) is 0 Å². The summed E-state index contributed by atoms with van der Waals surface area (Å²) < 4.78 is 17.6. The number of likely N-dealkylation sites (tertiary alicyclic amines) is 1. The molecule has 1 aromatic carbocycles. The number of hydrogen-bond acceptors (Lipinski definition) is 5. The number of ether oxygens (including phenoxy) is 2. The van der Waals surface area contributed by atoms with Crippen LogP contribution in [0.3, 0.4) is 0 Å². The Morgan fingerprint density at radius 2 is 2.11 bits per heavy atom. The van der Waals surface area contributed by atoms with Gasteiger partial charge in [0.2, 0.25) is 0 Å². The van der Waals surface area contributed by atoms with Crippen molar-refractivity contribution in [3.05, 3.63) is 47.4 Å². The Morgan fingerprint density at radius 3 is 2.86 bits per heavy atom. The highest BCUT2D eigenvalue weighted by molar-refractivity contribution is 5.48. The van der Waals surface area contributed by atoms with Crippen molar-refractivity contribution in [1.29, 1.82) is 0 Å². The molecule has 2 atom stereocenters. The number of nitrogens with zero attached hydrogens (tertiary/aromatic N) is 1. The second-order valence-corrected chi connectivity index (χ2v) is 7.89. The van der Waals surface area contributed by atoms with Crippen molar-refractivity contribution in [2.24, 2.45) is 0 Å². The summed E-state index contributed by atoms with van der Waals surface area (Å²) in [6.07, 6.45) is 6.85. The molecule has 0 bridgehead atoms. The Hall–Kier alpha value is -1.98. The van der Waals surface area contributed by atoms with Crippen LogP contribution in [0.2, 0.25) is 0 Å². The van der Waals surface area contributed by atoms with Gasteiger partial charge in [-0.1, -0.05) is 6.42 Å². The predicted molar refractivity (Wildman–Crippen MR) is 110 cm³/mol. The van der Waals surface area contributed by atoms with Crippen molar-refractivity contribution in [1.82, 2.24) is 10.2 Å². The number of furan rings is 1. The monoisotopic (exact) mass is 384 g/mol. The highest BCUT2D eigenvalue weighted by Crippen LogP contribution is 2.35. The molecule has 1 N–H and O–H groups in total. The van der Waals surface area contributed by atoms with Crippen LogP contribution >= 0.6 is 0 Å². The van der Waals surface area contributed by atoms with E-state index in [1.165, 1.54) is 24.8 Å². The summed E-state index contributed by atoms with van der Waals surface area (Å²) >= 11 is 0. The molecule has 0 radical (unpaired) electrons. The minimum absolute atomic E-state index is 0.245. The van der Waals surface area contributed by atoms with Crippen LogP contribution in [0.25, 0.3) is 0 Å². The van der Waals surface area contributed by atoms with E-state index in [0.29, 0.717) is 6.61 Å². The molecule has 0 saturated carbocycles. The average molecular weight is 385 g/mol. The van der Waals surface area contributed by atoms with E-state index in [4.69, 9.17) is 13.9 Å². The average Bonchev–Trinajstić information content (AvgIpc) is 3.35. The van der Waals surface area contributed by atoms with Crippen LogP contribution in [0, 0.1) is 0 Å². The number of piperidine rings is 1. The van der Waals surface area contributed by atoms with E-state index in [2.05, 4.69) is 35.3 Å². The van der Waals surface area contributed by atoms with Crippen LogP contribution in [-0.4, -0.2) is 37.2 Å². The standard InChI is InChI=1S/C23H32N2O3/c1-3-26-22-13-18-12-17(2)28-23(18)14-19(22)15-24-16-20(21-8-7-11-27-21)25-9-5-4-6-10-25/h7-8,11,13-14,17,20,24H,3-6,9-10,12,15-16H2,1-2H3/t17-,20-/m0/s1. The van der Waals surface area contributed by atoms with Gasteiger partial charge in [0.05, 0.1) is 18.9 Å². The first-order chi connectivity index (χ1) is 13.7. The van der Waals surface area contributed by atoms with Gasteiger partial charge in [-0.05, 0) is 64.0 Å². The van der Waals surface area contributed by atoms with Crippen LogP contribution in [0.1, 0.15) is 56.0 Å². The van der Waals surface area contributed by atoms with Gasteiger partial charge in [-0.2, -0.15) is 0 Å². The lowest BCUT2D eigenvalue weighted by molar-refractivity contribution is 0.142. The van der Waals surface area contributed by atoms with Crippen molar-refractivity contribution in [3.63, 3.8) is 0 Å². The molecule has 0 unspecified atom stereocenters. The molecular formula is C23H32N2O3. The van der Waals surface area contributed by atoms with Crippen LogP contribution < -0.4 is 14.8 Å². The van der Waals surface area contributed by atoms with Crippen LogP contribution in [0.15, 0.2) is 34.9 Å². The van der Waals surface area contributed by atoms with E-state index in [1.54, 1.807) is 6.26 Å². The minimum atomic E-state index is 0.245. The number of hydrogen-bond donors (Lipinski definition) is 1. The van der Waals surface area contributed by atoms with Gasteiger partial charge >= 0.3 is 0 Å². The van der Waals surface area contributed by atoms with Crippen molar-refractivity contribution < 1.29 is 13.9 Å². The Morgan fingerprint density at radius 1 is 1.25 bits per heavy atom. The first-order valence-electron chi connectivity index (χ1n) is 10.7. The van der Waals surface area contributed by atoms with Gasteiger partial charge in [0.25, 0.3) is 0 Å². The molecule has 2 aromatic rings. The maximum absolute atomic E-state index is 5.96. The number of nitrogens with one attached hydrogen (secondary N) is 1. The smallest absolute Gasteiger partial charge is 0.124 e. The highest BCUT2D eigenvalue weighted by Gasteiger charge is 2.25. The largest absolute Gasteiger partial charge is 0.494 e. The van der Waals surface area contributed by atoms with E-state index < -0.39 is 0 Å².